The molecule has 1 aliphatic heterocycles. The number of piperazine rings is 1. The number of carbonyl (C=O) groups is 1. The van der Waals surface area contributed by atoms with E-state index in [0.29, 0.717) is 37.6 Å². The van der Waals surface area contributed by atoms with Crippen LogP contribution in [0.4, 0.5) is 0 Å². The van der Waals surface area contributed by atoms with Crippen LogP contribution in [-0.2, 0) is 21.4 Å². The Labute approximate surface area is 172 Å². The predicted molar refractivity (Wildman–Crippen MR) is 111 cm³/mol. The number of sulfonamides is 1. The van der Waals surface area contributed by atoms with Crippen LogP contribution in [0.2, 0.25) is 0 Å². The molecule has 7 nitrogen and oxygen atoms in total. The fraction of sp³-hybridized carbons (Fsp3) is 0.381. The molecule has 3 rings (SSSR count). The molecule has 1 amide bonds. The zero-order valence-electron chi connectivity index (χ0n) is 16.7. The van der Waals surface area contributed by atoms with Gasteiger partial charge in [0.15, 0.2) is 0 Å². The largest absolute Gasteiger partial charge is 0.496 e. The molecule has 1 heterocycles. The predicted octanol–water partition coefficient (Wildman–Crippen LogP) is 1.71. The van der Waals surface area contributed by atoms with Gasteiger partial charge in [-0.1, -0.05) is 36.4 Å². The number of hydrogen-bond donors (Lipinski definition) is 1. The molecular weight excluding hydrogens is 390 g/mol. The van der Waals surface area contributed by atoms with Crippen LogP contribution in [0.25, 0.3) is 0 Å². The van der Waals surface area contributed by atoms with Gasteiger partial charge in [-0.05, 0) is 25.1 Å². The smallest absolute Gasteiger partial charge is 0.243 e. The molecule has 2 aromatic carbocycles. The number of hydrogen-bond acceptors (Lipinski definition) is 5. The lowest BCUT2D eigenvalue weighted by Crippen LogP contribution is -2.54. The van der Waals surface area contributed by atoms with E-state index in [1.807, 2.05) is 36.1 Å². The lowest BCUT2D eigenvalue weighted by Gasteiger charge is -2.36. The van der Waals surface area contributed by atoms with E-state index in [1.165, 1.54) is 4.31 Å². The molecule has 0 aliphatic carbocycles. The summed E-state index contributed by atoms with van der Waals surface area (Å²) >= 11 is 0. The van der Waals surface area contributed by atoms with Crippen molar-refractivity contribution < 1.29 is 17.9 Å². The molecule has 1 fully saturated rings. The Morgan fingerprint density at radius 3 is 2.31 bits per heavy atom. The van der Waals surface area contributed by atoms with E-state index in [4.69, 9.17) is 4.74 Å². The maximum Gasteiger partial charge on any atom is 0.243 e. The minimum Gasteiger partial charge on any atom is -0.496 e. The van der Waals surface area contributed by atoms with Crippen LogP contribution in [0.5, 0.6) is 5.75 Å². The fourth-order valence-electron chi connectivity index (χ4n) is 3.42. The number of nitrogens with one attached hydrogen (secondary N) is 1. The van der Waals surface area contributed by atoms with Crippen molar-refractivity contribution in [2.24, 2.45) is 0 Å². The standard InChI is InChI=1S/C21H27N3O4S/c1-17(21(25)22-16-18-8-6-7-11-20(18)28-2)23-12-14-24(15-13-23)29(26,27)19-9-4-3-5-10-19/h3-11,17H,12-16H2,1-2H3,(H,22,25)/t17-/m0/s1. The topological polar surface area (TPSA) is 79.0 Å². The third kappa shape index (κ3) is 4.95. The average molecular weight is 418 g/mol. The van der Waals surface area contributed by atoms with E-state index in [-0.39, 0.29) is 11.9 Å². The molecule has 0 aromatic heterocycles. The first-order valence-electron chi connectivity index (χ1n) is 9.62. The minimum absolute atomic E-state index is 0.0877. The van der Waals surface area contributed by atoms with Crippen molar-refractivity contribution >= 4 is 15.9 Å². The van der Waals surface area contributed by atoms with Gasteiger partial charge in [0.05, 0.1) is 18.0 Å². The van der Waals surface area contributed by atoms with E-state index in [2.05, 4.69) is 5.32 Å². The number of nitrogens with zero attached hydrogens (tertiary/aromatic N) is 2. The molecule has 0 bridgehead atoms. The molecule has 8 heteroatoms. The van der Waals surface area contributed by atoms with Gasteiger partial charge < -0.3 is 10.1 Å². The Bertz CT molecular complexity index is 926. The second-order valence-electron chi connectivity index (χ2n) is 6.96. The van der Waals surface area contributed by atoms with Crippen molar-refractivity contribution in [2.45, 2.75) is 24.4 Å². The molecule has 1 saturated heterocycles. The van der Waals surface area contributed by atoms with Crippen LogP contribution in [0.1, 0.15) is 12.5 Å². The zero-order chi connectivity index (χ0) is 20.9. The maximum absolute atomic E-state index is 12.7. The third-order valence-electron chi connectivity index (χ3n) is 5.23. The lowest BCUT2D eigenvalue weighted by atomic mass is 10.2. The van der Waals surface area contributed by atoms with E-state index < -0.39 is 10.0 Å². The van der Waals surface area contributed by atoms with Crippen molar-refractivity contribution in [3.8, 4) is 5.75 Å². The molecule has 0 radical (unpaired) electrons. The Balaban J connectivity index is 1.54. The van der Waals surface area contributed by atoms with Gasteiger partial charge in [0, 0.05) is 38.3 Å². The van der Waals surface area contributed by atoms with Crippen LogP contribution in [0.15, 0.2) is 59.5 Å². The zero-order valence-corrected chi connectivity index (χ0v) is 17.6. The molecule has 0 saturated carbocycles. The van der Waals surface area contributed by atoms with Gasteiger partial charge in [0.2, 0.25) is 15.9 Å². The maximum atomic E-state index is 12.7. The summed E-state index contributed by atoms with van der Waals surface area (Å²) in [6, 6.07) is 15.7. The van der Waals surface area contributed by atoms with Crippen molar-refractivity contribution in [3.63, 3.8) is 0 Å². The molecule has 2 aromatic rings. The van der Waals surface area contributed by atoms with Crippen LogP contribution in [0, 0.1) is 0 Å². The summed E-state index contributed by atoms with van der Waals surface area (Å²) in [6.45, 7) is 3.97. The Morgan fingerprint density at radius 1 is 1.03 bits per heavy atom. The van der Waals surface area contributed by atoms with Crippen LogP contribution in [-0.4, -0.2) is 62.9 Å². The first-order valence-corrected chi connectivity index (χ1v) is 11.1. The highest BCUT2D eigenvalue weighted by atomic mass is 32.2. The second-order valence-corrected chi connectivity index (χ2v) is 8.90. The van der Waals surface area contributed by atoms with Gasteiger partial charge >= 0.3 is 0 Å². The SMILES string of the molecule is COc1ccccc1CNC(=O)[C@H](C)N1CCN(S(=O)(=O)c2ccccc2)CC1. The van der Waals surface area contributed by atoms with Crippen molar-refractivity contribution in [1.82, 2.24) is 14.5 Å². The molecule has 1 N–H and O–H groups in total. The van der Waals surface area contributed by atoms with Crippen molar-refractivity contribution in [3.05, 3.63) is 60.2 Å². The highest BCUT2D eigenvalue weighted by Crippen LogP contribution is 2.19. The Hall–Kier alpha value is -2.42. The summed E-state index contributed by atoms with van der Waals surface area (Å²) in [5.74, 6) is 0.649. The molecular formula is C21H27N3O4S. The summed E-state index contributed by atoms with van der Waals surface area (Å²) in [5.41, 5.74) is 0.911. The summed E-state index contributed by atoms with van der Waals surface area (Å²) < 4.78 is 32.3. The number of ether oxygens (including phenoxy) is 1. The molecule has 29 heavy (non-hydrogen) atoms. The van der Waals surface area contributed by atoms with Gasteiger partial charge in [-0.3, -0.25) is 9.69 Å². The molecule has 156 valence electrons. The molecule has 1 aliphatic rings. The van der Waals surface area contributed by atoms with Gasteiger partial charge in [-0.2, -0.15) is 4.31 Å². The van der Waals surface area contributed by atoms with Crippen LogP contribution >= 0.6 is 0 Å². The van der Waals surface area contributed by atoms with E-state index in [0.717, 1.165) is 11.3 Å². The average Bonchev–Trinajstić information content (AvgIpc) is 2.77. The van der Waals surface area contributed by atoms with Gasteiger partial charge in [0.25, 0.3) is 0 Å². The lowest BCUT2D eigenvalue weighted by molar-refractivity contribution is -0.126. The van der Waals surface area contributed by atoms with E-state index >= 15 is 0 Å². The summed E-state index contributed by atoms with van der Waals surface area (Å²) in [7, 11) is -1.89. The minimum atomic E-state index is -3.49. The second kappa shape index (κ2) is 9.39. The van der Waals surface area contributed by atoms with Gasteiger partial charge in [0.1, 0.15) is 5.75 Å². The number of amides is 1. The Morgan fingerprint density at radius 2 is 1.66 bits per heavy atom. The third-order valence-corrected chi connectivity index (χ3v) is 7.14. The van der Waals surface area contributed by atoms with Gasteiger partial charge in [-0.25, -0.2) is 8.42 Å². The fourth-order valence-corrected chi connectivity index (χ4v) is 4.86. The van der Waals surface area contributed by atoms with E-state index in [1.54, 1.807) is 37.4 Å². The van der Waals surface area contributed by atoms with E-state index in [9.17, 15) is 13.2 Å². The summed E-state index contributed by atoms with van der Waals surface area (Å²) in [5, 5.41) is 2.95. The monoisotopic (exact) mass is 417 g/mol. The molecule has 0 spiro atoms. The molecule has 0 unspecified atom stereocenters. The number of rotatable bonds is 7. The van der Waals surface area contributed by atoms with Gasteiger partial charge in [-0.15, -0.1) is 0 Å². The van der Waals surface area contributed by atoms with Crippen molar-refractivity contribution in [2.75, 3.05) is 33.3 Å². The molecule has 1 atom stereocenters. The first-order chi connectivity index (χ1) is 13.9. The number of benzene rings is 2. The number of para-hydroxylation sites is 1. The van der Waals surface area contributed by atoms with Crippen LogP contribution in [0.3, 0.4) is 0 Å². The van der Waals surface area contributed by atoms with Crippen molar-refractivity contribution in [1.29, 1.82) is 0 Å². The Kier molecular flexibility index (Phi) is 6.89. The number of carbonyl (C=O) groups excluding carboxylic acids is 1. The van der Waals surface area contributed by atoms with Crippen LogP contribution < -0.4 is 10.1 Å². The number of methoxy groups -OCH3 is 1. The summed E-state index contributed by atoms with van der Waals surface area (Å²) in [4.78, 5) is 14.9. The normalized spacial score (nSPS) is 16.9. The summed E-state index contributed by atoms with van der Waals surface area (Å²) in [6.07, 6.45) is 0. The quantitative estimate of drug-likeness (QED) is 0.742. The highest BCUT2D eigenvalue weighted by Gasteiger charge is 2.31. The highest BCUT2D eigenvalue weighted by molar-refractivity contribution is 7.89. The first kappa shape index (κ1) is 21.3.